The monoisotopic (exact) mass is 500 g/mol. The Morgan fingerprint density at radius 1 is 0.576 bits per heavy atom. The van der Waals surface area contributed by atoms with Gasteiger partial charge in [0.1, 0.15) is 0 Å². The molecule has 0 aromatic carbocycles. The highest BCUT2D eigenvalue weighted by Gasteiger charge is 2.20. The molecule has 33 heavy (non-hydrogen) atoms. The fourth-order valence-corrected chi connectivity index (χ4v) is 8.00. The zero-order chi connectivity index (χ0) is 23.3. The van der Waals surface area contributed by atoms with Crippen LogP contribution in [0.4, 0.5) is 0 Å². The fraction of sp³-hybridized carbons (Fsp3) is 0.600. The minimum atomic E-state index is 1.23. The van der Waals surface area contributed by atoms with Crippen LogP contribution in [0.5, 0.6) is 0 Å². The Morgan fingerprint density at radius 2 is 1.21 bits per heavy atom. The van der Waals surface area contributed by atoms with Gasteiger partial charge in [-0.05, 0) is 83.5 Å². The summed E-state index contributed by atoms with van der Waals surface area (Å²) in [5, 5.41) is 7.24. The first-order valence-electron chi connectivity index (χ1n) is 13.5. The summed E-state index contributed by atoms with van der Waals surface area (Å²) in [6, 6.07) is 4.91. The van der Waals surface area contributed by atoms with Crippen molar-refractivity contribution >= 4 is 34.0 Å². The van der Waals surface area contributed by atoms with E-state index in [1.807, 2.05) is 34.0 Å². The summed E-state index contributed by atoms with van der Waals surface area (Å²) in [6.07, 6.45) is 19.8. The number of aryl methyl sites for hydroxylation is 3. The van der Waals surface area contributed by atoms with Crippen molar-refractivity contribution in [1.82, 2.24) is 0 Å². The van der Waals surface area contributed by atoms with Gasteiger partial charge < -0.3 is 0 Å². The Labute approximate surface area is 215 Å². The Hall–Kier alpha value is -0.900. The van der Waals surface area contributed by atoms with Crippen LogP contribution < -0.4 is 0 Å². The van der Waals surface area contributed by atoms with E-state index in [2.05, 4.69) is 49.0 Å². The van der Waals surface area contributed by atoms with E-state index in [9.17, 15) is 0 Å². The van der Waals surface area contributed by atoms with Gasteiger partial charge in [-0.15, -0.1) is 34.0 Å². The summed E-state index contributed by atoms with van der Waals surface area (Å²) in [4.78, 5) is 4.59. The van der Waals surface area contributed by atoms with Gasteiger partial charge in [0.25, 0.3) is 0 Å². The molecule has 0 aliphatic rings. The lowest BCUT2D eigenvalue weighted by molar-refractivity contribution is 0.667. The molecule has 3 rings (SSSR count). The summed E-state index contributed by atoms with van der Waals surface area (Å²) in [5.74, 6) is 0. The van der Waals surface area contributed by atoms with Crippen LogP contribution >= 0.6 is 34.0 Å². The smallest absolute Gasteiger partial charge is 0.0534 e. The molecule has 0 unspecified atom stereocenters. The van der Waals surface area contributed by atoms with Crippen LogP contribution in [0.3, 0.4) is 0 Å². The molecular weight excluding hydrogens is 457 g/mol. The first-order valence-corrected chi connectivity index (χ1v) is 16.2. The molecule has 0 N–H and O–H groups in total. The standard InChI is InChI=1S/C30H44S3/c1-4-7-10-13-16-24-21-27(32-22-24)28-26(18-15-12-9-6-3)23-33-30(28)29-25(19-20-31-29)17-14-11-8-5-2/h19-23H,4-18H2,1-3H3. The largest absolute Gasteiger partial charge is 0.143 e. The number of thiophene rings is 3. The van der Waals surface area contributed by atoms with Crippen molar-refractivity contribution in [3.05, 3.63) is 45.0 Å². The van der Waals surface area contributed by atoms with E-state index in [0.29, 0.717) is 0 Å². The number of rotatable bonds is 17. The van der Waals surface area contributed by atoms with Crippen LogP contribution in [0, 0.1) is 0 Å². The highest BCUT2D eigenvalue weighted by Crippen LogP contribution is 2.46. The minimum Gasteiger partial charge on any atom is -0.143 e. The van der Waals surface area contributed by atoms with Crippen LogP contribution in [0.2, 0.25) is 0 Å². The molecule has 0 saturated heterocycles. The lowest BCUT2D eigenvalue weighted by atomic mass is 9.99. The second-order valence-corrected chi connectivity index (χ2v) is 12.2. The topological polar surface area (TPSA) is 0 Å². The van der Waals surface area contributed by atoms with Crippen LogP contribution in [-0.2, 0) is 19.3 Å². The molecule has 0 bridgehead atoms. The third-order valence-corrected chi connectivity index (χ3v) is 9.78. The summed E-state index contributed by atoms with van der Waals surface area (Å²) < 4.78 is 0. The van der Waals surface area contributed by atoms with Crippen molar-refractivity contribution in [2.24, 2.45) is 0 Å². The molecule has 0 amide bonds. The van der Waals surface area contributed by atoms with Crippen molar-refractivity contribution in [1.29, 1.82) is 0 Å². The number of hydrogen-bond acceptors (Lipinski definition) is 3. The molecule has 182 valence electrons. The van der Waals surface area contributed by atoms with Crippen LogP contribution in [0.25, 0.3) is 20.2 Å². The summed E-state index contributed by atoms with van der Waals surface area (Å²) in [5.41, 5.74) is 6.29. The average Bonchev–Trinajstić information content (AvgIpc) is 3.56. The molecular formula is C30H44S3. The van der Waals surface area contributed by atoms with E-state index in [0.717, 1.165) is 0 Å². The molecule has 0 spiro atoms. The number of unbranched alkanes of at least 4 members (excludes halogenated alkanes) is 9. The third kappa shape index (κ3) is 8.08. The first-order chi connectivity index (χ1) is 16.3. The molecule has 0 atom stereocenters. The molecule has 0 aliphatic carbocycles. The molecule has 0 radical (unpaired) electrons. The minimum absolute atomic E-state index is 1.23. The SMILES string of the molecule is CCCCCCc1csc(-c2c(CCCCCC)csc2-c2sccc2CCCCCC)c1. The second-order valence-electron chi connectivity index (χ2n) is 9.49. The van der Waals surface area contributed by atoms with Gasteiger partial charge in [0.15, 0.2) is 0 Å². The van der Waals surface area contributed by atoms with Gasteiger partial charge >= 0.3 is 0 Å². The van der Waals surface area contributed by atoms with Gasteiger partial charge in [-0.25, -0.2) is 0 Å². The summed E-state index contributed by atoms with van der Waals surface area (Å²) in [6.45, 7) is 6.90. The van der Waals surface area contributed by atoms with Crippen molar-refractivity contribution in [2.75, 3.05) is 0 Å². The third-order valence-electron chi connectivity index (χ3n) is 6.64. The maximum Gasteiger partial charge on any atom is 0.0534 e. The normalized spacial score (nSPS) is 11.5. The molecule has 0 nitrogen and oxygen atoms in total. The van der Waals surface area contributed by atoms with Crippen molar-refractivity contribution < 1.29 is 0 Å². The van der Waals surface area contributed by atoms with E-state index in [-0.39, 0.29) is 0 Å². The summed E-state index contributed by atoms with van der Waals surface area (Å²) in [7, 11) is 0. The maximum atomic E-state index is 2.52. The highest BCUT2D eigenvalue weighted by atomic mass is 32.1. The van der Waals surface area contributed by atoms with Gasteiger partial charge in [0.05, 0.1) is 4.88 Å². The lowest BCUT2D eigenvalue weighted by Gasteiger charge is -2.08. The molecule has 3 heterocycles. The lowest BCUT2D eigenvalue weighted by Crippen LogP contribution is -1.89. The zero-order valence-electron chi connectivity index (χ0n) is 21.2. The number of hydrogen-bond donors (Lipinski definition) is 0. The van der Waals surface area contributed by atoms with Gasteiger partial charge in [-0.3, -0.25) is 0 Å². The van der Waals surface area contributed by atoms with E-state index >= 15 is 0 Å². The molecule has 3 heteroatoms. The Balaban J connectivity index is 1.83. The maximum absolute atomic E-state index is 2.52. The zero-order valence-corrected chi connectivity index (χ0v) is 23.7. The second kappa shape index (κ2) is 15.2. The molecule has 0 saturated carbocycles. The van der Waals surface area contributed by atoms with E-state index in [1.165, 1.54) is 101 Å². The Kier molecular flexibility index (Phi) is 12.3. The molecule has 0 aliphatic heterocycles. The van der Waals surface area contributed by atoms with E-state index in [4.69, 9.17) is 0 Å². The molecule has 0 fully saturated rings. The van der Waals surface area contributed by atoms with Crippen molar-refractivity contribution in [3.63, 3.8) is 0 Å². The predicted octanol–water partition coefficient (Wildman–Crippen LogP) is 11.6. The van der Waals surface area contributed by atoms with Crippen LogP contribution in [0.15, 0.2) is 28.3 Å². The van der Waals surface area contributed by atoms with Gasteiger partial charge in [0, 0.05) is 15.3 Å². The van der Waals surface area contributed by atoms with Gasteiger partial charge in [-0.1, -0.05) is 78.6 Å². The Bertz CT molecular complexity index is 911. The summed E-state index contributed by atoms with van der Waals surface area (Å²) >= 11 is 5.94. The molecule has 3 aromatic rings. The van der Waals surface area contributed by atoms with Crippen molar-refractivity contribution in [2.45, 2.75) is 117 Å². The highest BCUT2D eigenvalue weighted by molar-refractivity contribution is 7.21. The van der Waals surface area contributed by atoms with Crippen LogP contribution in [-0.4, -0.2) is 0 Å². The predicted molar refractivity (Wildman–Crippen MR) is 154 cm³/mol. The van der Waals surface area contributed by atoms with Crippen LogP contribution in [0.1, 0.15) is 115 Å². The average molecular weight is 501 g/mol. The van der Waals surface area contributed by atoms with E-state index in [1.54, 1.807) is 32.0 Å². The molecule has 3 aromatic heterocycles. The fourth-order valence-electron chi connectivity index (χ4n) is 4.62. The van der Waals surface area contributed by atoms with Gasteiger partial charge in [-0.2, -0.15) is 0 Å². The van der Waals surface area contributed by atoms with Crippen molar-refractivity contribution in [3.8, 4) is 20.2 Å². The van der Waals surface area contributed by atoms with Gasteiger partial charge in [0.2, 0.25) is 0 Å². The quantitative estimate of drug-likeness (QED) is 0.162. The first kappa shape index (κ1) is 26.7. The Morgan fingerprint density at radius 3 is 1.88 bits per heavy atom. The van der Waals surface area contributed by atoms with E-state index < -0.39 is 0 Å².